The van der Waals surface area contributed by atoms with Crippen molar-refractivity contribution in [3.63, 3.8) is 0 Å². The molecule has 3 aromatic rings. The number of aromatic nitrogens is 2. The molecule has 0 saturated heterocycles. The van der Waals surface area contributed by atoms with E-state index in [1.165, 1.54) is 0 Å². The molecule has 0 bridgehead atoms. The molecule has 0 fully saturated rings. The van der Waals surface area contributed by atoms with Crippen LogP contribution in [0.25, 0.3) is 11.4 Å². The molecule has 2 aromatic carbocycles. The molecule has 1 heterocycles. The highest BCUT2D eigenvalue weighted by atomic mass is 35.5. The summed E-state index contributed by atoms with van der Waals surface area (Å²) in [7, 11) is 0. The Morgan fingerprint density at radius 3 is 2.58 bits per heavy atom. The minimum atomic E-state index is -0.172. The van der Waals surface area contributed by atoms with Gasteiger partial charge in [-0.1, -0.05) is 54.1 Å². The minimum absolute atomic E-state index is 0.172. The predicted octanol–water partition coefficient (Wildman–Crippen LogP) is 4.09. The van der Waals surface area contributed by atoms with Crippen molar-refractivity contribution in [3.8, 4) is 11.4 Å². The van der Waals surface area contributed by atoms with E-state index in [1.54, 1.807) is 6.20 Å². The molecule has 0 aliphatic carbocycles. The Kier molecular flexibility index (Phi) is 6.28. The minimum Gasteiger partial charge on any atom is -0.338 e. The summed E-state index contributed by atoms with van der Waals surface area (Å²) in [4.78, 5) is 16.3. The van der Waals surface area contributed by atoms with Crippen molar-refractivity contribution in [1.29, 1.82) is 0 Å². The summed E-state index contributed by atoms with van der Waals surface area (Å²) in [6, 6.07) is 17.3. The van der Waals surface area contributed by atoms with Crippen LogP contribution in [0.2, 0.25) is 5.02 Å². The van der Waals surface area contributed by atoms with Gasteiger partial charge in [0.2, 0.25) is 0 Å². The number of hydrogen-bond donors (Lipinski definition) is 2. The van der Waals surface area contributed by atoms with Crippen molar-refractivity contribution in [2.24, 2.45) is 0 Å². The lowest BCUT2D eigenvalue weighted by molar-refractivity contribution is 0.240. The van der Waals surface area contributed by atoms with Crippen LogP contribution >= 0.6 is 11.6 Å². The van der Waals surface area contributed by atoms with Crippen LogP contribution in [0.5, 0.6) is 0 Å². The van der Waals surface area contributed by atoms with Gasteiger partial charge in [0, 0.05) is 42.6 Å². The van der Waals surface area contributed by atoms with Gasteiger partial charge in [-0.3, -0.25) is 0 Å². The molecule has 0 aliphatic rings. The van der Waals surface area contributed by atoms with Gasteiger partial charge in [0.25, 0.3) is 0 Å². The first-order valence-electron chi connectivity index (χ1n) is 8.55. The Bertz CT molecular complexity index is 831. The van der Waals surface area contributed by atoms with Crippen LogP contribution in [0.15, 0.2) is 67.0 Å². The van der Waals surface area contributed by atoms with Crippen molar-refractivity contribution in [2.75, 3.05) is 6.54 Å². The van der Waals surface area contributed by atoms with Gasteiger partial charge in [-0.15, -0.1) is 0 Å². The Morgan fingerprint density at radius 1 is 1.04 bits per heavy atom. The summed E-state index contributed by atoms with van der Waals surface area (Å²) in [6.07, 6.45) is 4.59. The molecule has 0 spiro atoms. The Morgan fingerprint density at radius 2 is 1.81 bits per heavy atom. The van der Waals surface area contributed by atoms with E-state index >= 15 is 0 Å². The number of aryl methyl sites for hydroxylation is 1. The van der Waals surface area contributed by atoms with E-state index in [0.717, 1.165) is 29.9 Å². The standard InChI is InChI=1S/C20H21ClN4O/c21-18-9-7-16(8-10-18)15-24-20(26)23-11-4-13-25-14-12-22-19(25)17-5-2-1-3-6-17/h1-3,5-10,12,14H,4,11,13,15H2,(H2,23,24,26). The molecule has 2 N–H and O–H groups in total. The van der Waals surface area contributed by atoms with E-state index in [0.29, 0.717) is 18.1 Å². The molecular weight excluding hydrogens is 348 g/mol. The lowest BCUT2D eigenvalue weighted by Gasteiger charge is -2.10. The average Bonchev–Trinajstić information content (AvgIpc) is 3.14. The van der Waals surface area contributed by atoms with Crippen molar-refractivity contribution in [1.82, 2.24) is 20.2 Å². The van der Waals surface area contributed by atoms with Gasteiger partial charge in [0.1, 0.15) is 5.82 Å². The van der Waals surface area contributed by atoms with Gasteiger partial charge >= 0.3 is 6.03 Å². The summed E-state index contributed by atoms with van der Waals surface area (Å²) in [6.45, 7) is 1.86. The highest BCUT2D eigenvalue weighted by molar-refractivity contribution is 6.30. The topological polar surface area (TPSA) is 59.0 Å². The molecule has 3 rings (SSSR count). The fourth-order valence-corrected chi connectivity index (χ4v) is 2.76. The lowest BCUT2D eigenvalue weighted by atomic mass is 10.2. The first kappa shape index (κ1) is 18.0. The second kappa shape index (κ2) is 9.06. The van der Waals surface area contributed by atoms with Gasteiger partial charge in [0.15, 0.2) is 0 Å². The van der Waals surface area contributed by atoms with Crippen LogP contribution in [0, 0.1) is 0 Å². The van der Waals surface area contributed by atoms with Gasteiger partial charge in [0.05, 0.1) is 0 Å². The van der Waals surface area contributed by atoms with Crippen LogP contribution in [0.1, 0.15) is 12.0 Å². The SMILES string of the molecule is O=C(NCCCn1ccnc1-c1ccccc1)NCc1ccc(Cl)cc1. The molecule has 5 nitrogen and oxygen atoms in total. The largest absolute Gasteiger partial charge is 0.338 e. The maximum Gasteiger partial charge on any atom is 0.315 e. The zero-order valence-electron chi connectivity index (χ0n) is 14.4. The van der Waals surface area contributed by atoms with Crippen molar-refractivity contribution in [3.05, 3.63) is 77.6 Å². The third-order valence-corrected chi connectivity index (χ3v) is 4.23. The molecule has 0 aliphatic heterocycles. The maximum absolute atomic E-state index is 11.9. The average molecular weight is 369 g/mol. The number of amides is 2. The molecule has 0 saturated carbocycles. The van der Waals surface area contributed by atoms with E-state index in [4.69, 9.17) is 11.6 Å². The summed E-state index contributed by atoms with van der Waals surface area (Å²) < 4.78 is 2.10. The molecule has 1 aromatic heterocycles. The van der Waals surface area contributed by atoms with Crippen molar-refractivity contribution >= 4 is 17.6 Å². The highest BCUT2D eigenvalue weighted by Gasteiger charge is 2.05. The number of hydrogen-bond acceptors (Lipinski definition) is 2. The van der Waals surface area contributed by atoms with Crippen LogP contribution < -0.4 is 10.6 Å². The summed E-state index contributed by atoms with van der Waals surface area (Å²) in [5.74, 6) is 0.942. The van der Waals surface area contributed by atoms with Crippen molar-refractivity contribution in [2.45, 2.75) is 19.5 Å². The lowest BCUT2D eigenvalue weighted by Crippen LogP contribution is -2.35. The molecule has 0 unspecified atom stereocenters. The number of nitrogens with zero attached hydrogens (tertiary/aromatic N) is 2. The van der Waals surface area contributed by atoms with Crippen molar-refractivity contribution < 1.29 is 4.79 Å². The number of benzene rings is 2. The second-order valence-corrected chi connectivity index (χ2v) is 6.34. The van der Waals surface area contributed by atoms with E-state index in [-0.39, 0.29) is 6.03 Å². The van der Waals surface area contributed by atoms with Gasteiger partial charge in [-0.2, -0.15) is 0 Å². The van der Waals surface area contributed by atoms with Crippen LogP contribution in [0.3, 0.4) is 0 Å². The Hall–Kier alpha value is -2.79. The fourth-order valence-electron chi connectivity index (χ4n) is 2.64. The molecule has 26 heavy (non-hydrogen) atoms. The highest BCUT2D eigenvalue weighted by Crippen LogP contribution is 2.16. The molecule has 2 amide bonds. The number of rotatable bonds is 7. The normalized spacial score (nSPS) is 10.5. The van der Waals surface area contributed by atoms with E-state index in [9.17, 15) is 4.79 Å². The summed E-state index contributed by atoms with van der Waals surface area (Å²) >= 11 is 5.85. The number of imidazole rings is 1. The summed E-state index contributed by atoms with van der Waals surface area (Å²) in [5, 5.41) is 6.40. The number of halogens is 1. The van der Waals surface area contributed by atoms with E-state index in [1.807, 2.05) is 60.8 Å². The second-order valence-electron chi connectivity index (χ2n) is 5.90. The first-order chi connectivity index (χ1) is 12.7. The van der Waals surface area contributed by atoms with Crippen LogP contribution in [0.4, 0.5) is 4.79 Å². The van der Waals surface area contributed by atoms with E-state index < -0.39 is 0 Å². The smallest absolute Gasteiger partial charge is 0.315 e. The van der Waals surface area contributed by atoms with Gasteiger partial charge in [-0.25, -0.2) is 9.78 Å². The number of carbonyl (C=O) groups is 1. The third kappa shape index (κ3) is 5.10. The summed E-state index contributed by atoms with van der Waals surface area (Å²) in [5.41, 5.74) is 2.10. The third-order valence-electron chi connectivity index (χ3n) is 3.98. The zero-order chi connectivity index (χ0) is 18.2. The number of nitrogens with one attached hydrogen (secondary N) is 2. The monoisotopic (exact) mass is 368 g/mol. The zero-order valence-corrected chi connectivity index (χ0v) is 15.1. The van der Waals surface area contributed by atoms with Gasteiger partial charge in [-0.05, 0) is 24.1 Å². The first-order valence-corrected chi connectivity index (χ1v) is 8.93. The number of carbonyl (C=O) groups excluding carboxylic acids is 1. The number of urea groups is 1. The van der Waals surface area contributed by atoms with Crippen LogP contribution in [-0.2, 0) is 13.1 Å². The Labute approximate surface area is 158 Å². The molecule has 134 valence electrons. The van der Waals surface area contributed by atoms with Crippen LogP contribution in [-0.4, -0.2) is 22.1 Å². The van der Waals surface area contributed by atoms with E-state index in [2.05, 4.69) is 20.2 Å². The maximum atomic E-state index is 11.9. The molecule has 0 atom stereocenters. The molecule has 6 heteroatoms. The van der Waals surface area contributed by atoms with Gasteiger partial charge < -0.3 is 15.2 Å². The quantitative estimate of drug-likeness (QED) is 0.617. The molecule has 0 radical (unpaired) electrons. The Balaban J connectivity index is 1.40. The fraction of sp³-hybridized carbons (Fsp3) is 0.200. The predicted molar refractivity (Wildman–Crippen MR) is 104 cm³/mol. The molecular formula is C20H21ClN4O.